The first-order chi connectivity index (χ1) is 16.0. The molecule has 0 radical (unpaired) electrons. The number of nitrogens with zero attached hydrogens (tertiary/aromatic N) is 4. The second-order valence-electron chi connectivity index (χ2n) is 8.69. The molecule has 1 amide bonds. The Morgan fingerprint density at radius 1 is 1.18 bits per heavy atom. The van der Waals surface area contributed by atoms with E-state index in [4.69, 9.17) is 0 Å². The van der Waals surface area contributed by atoms with Gasteiger partial charge in [-0.25, -0.2) is 4.99 Å². The number of aryl methyl sites for hydroxylation is 2. The molecule has 3 aromatic rings. The van der Waals surface area contributed by atoms with E-state index in [1.54, 1.807) is 4.68 Å². The molecule has 1 saturated heterocycles. The highest BCUT2D eigenvalue weighted by atomic mass is 16.2. The van der Waals surface area contributed by atoms with Crippen molar-refractivity contribution < 1.29 is 4.79 Å². The summed E-state index contributed by atoms with van der Waals surface area (Å²) >= 11 is 0. The zero-order valence-corrected chi connectivity index (χ0v) is 19.4. The van der Waals surface area contributed by atoms with Crippen LogP contribution in [0.25, 0.3) is 17.2 Å². The van der Waals surface area contributed by atoms with E-state index in [0.717, 1.165) is 54.7 Å². The number of piperidine rings is 1. The zero-order chi connectivity index (χ0) is 23.2. The Morgan fingerprint density at radius 3 is 2.61 bits per heavy atom. The monoisotopic (exact) mass is 441 g/mol. The molecule has 0 unspecified atom stereocenters. The topological polar surface area (TPSA) is 62.5 Å². The average Bonchev–Trinajstić information content (AvgIpc) is 3.27. The molecule has 2 heterocycles. The lowest BCUT2D eigenvalue weighted by molar-refractivity contribution is -0.125. The van der Waals surface area contributed by atoms with Gasteiger partial charge in [-0.15, -0.1) is 0 Å². The number of nitrogens with one attached hydrogen (secondary N) is 1. The van der Waals surface area contributed by atoms with Gasteiger partial charge in [-0.05, 0) is 74.0 Å². The van der Waals surface area contributed by atoms with Crippen LogP contribution in [-0.2, 0) is 18.4 Å². The lowest BCUT2D eigenvalue weighted by atomic mass is 9.95. The summed E-state index contributed by atoms with van der Waals surface area (Å²) in [5.41, 5.74) is 5.53. The summed E-state index contributed by atoms with van der Waals surface area (Å²) in [5.74, 6) is 0.497. The minimum Gasteiger partial charge on any atom is -0.310 e. The number of carbonyl (C=O) groups excluding carboxylic acids is 1. The highest BCUT2D eigenvalue weighted by Gasteiger charge is 2.25. The first-order valence-electron chi connectivity index (χ1n) is 11.4. The van der Waals surface area contributed by atoms with Crippen LogP contribution < -0.4 is 5.32 Å². The van der Waals surface area contributed by atoms with Crippen LogP contribution in [0.5, 0.6) is 0 Å². The molecule has 2 aromatic carbocycles. The number of hydrogen-bond donors (Lipinski definition) is 1. The minimum absolute atomic E-state index is 0.00926. The van der Waals surface area contributed by atoms with Crippen molar-refractivity contribution in [1.82, 2.24) is 20.0 Å². The van der Waals surface area contributed by atoms with Crippen LogP contribution >= 0.6 is 0 Å². The Bertz CT molecular complexity index is 1140. The van der Waals surface area contributed by atoms with Crippen molar-refractivity contribution in [1.29, 1.82) is 0 Å². The van der Waals surface area contributed by atoms with Crippen molar-refractivity contribution in [3.63, 3.8) is 0 Å². The van der Waals surface area contributed by atoms with Crippen molar-refractivity contribution in [2.24, 2.45) is 18.0 Å². The van der Waals surface area contributed by atoms with Crippen molar-refractivity contribution in [2.75, 3.05) is 13.1 Å². The maximum atomic E-state index is 12.9. The second kappa shape index (κ2) is 10.4. The van der Waals surface area contributed by atoms with Gasteiger partial charge in [0, 0.05) is 31.3 Å². The predicted molar refractivity (Wildman–Crippen MR) is 133 cm³/mol. The van der Waals surface area contributed by atoms with Crippen molar-refractivity contribution in [3.05, 3.63) is 83.4 Å². The van der Waals surface area contributed by atoms with Crippen molar-refractivity contribution >= 4 is 18.7 Å². The highest BCUT2D eigenvalue weighted by Crippen LogP contribution is 2.24. The molecule has 0 atom stereocenters. The van der Waals surface area contributed by atoms with Crippen molar-refractivity contribution in [2.45, 2.75) is 26.3 Å². The van der Waals surface area contributed by atoms with E-state index < -0.39 is 0 Å². The number of likely N-dealkylation sites (tertiary alicyclic amines) is 1. The van der Waals surface area contributed by atoms with Crippen LogP contribution in [0.3, 0.4) is 0 Å². The smallest absolute Gasteiger partial charge is 0.228 e. The van der Waals surface area contributed by atoms with Crippen LogP contribution in [0.15, 0.2) is 71.7 Å². The van der Waals surface area contributed by atoms with Gasteiger partial charge >= 0.3 is 0 Å². The molecule has 0 spiro atoms. The molecule has 170 valence electrons. The highest BCUT2D eigenvalue weighted by molar-refractivity contribution is 5.82. The van der Waals surface area contributed by atoms with Gasteiger partial charge < -0.3 is 5.32 Å². The second-order valence-corrected chi connectivity index (χ2v) is 8.69. The third-order valence-corrected chi connectivity index (χ3v) is 6.24. The Kier molecular flexibility index (Phi) is 7.15. The fourth-order valence-electron chi connectivity index (χ4n) is 4.24. The molecule has 6 heteroatoms. The molecular formula is C27H31N5O. The minimum atomic E-state index is -0.00926. The number of aliphatic imine (C=N–C) groups is 1. The number of aromatic nitrogens is 2. The van der Waals surface area contributed by atoms with Gasteiger partial charge in [-0.2, -0.15) is 5.10 Å². The van der Waals surface area contributed by atoms with Crippen LogP contribution in [0.1, 0.15) is 29.5 Å². The summed E-state index contributed by atoms with van der Waals surface area (Å²) in [6, 6.07) is 16.7. The van der Waals surface area contributed by atoms with Gasteiger partial charge in [0.05, 0.1) is 6.20 Å². The standard InChI is InChI=1S/C27H31N5O/c1-20-9-10-23(25-17-29-31(3)19-25)15-24(20)16-26(28-2)30-27(33)22-11-13-32(14-12-22)18-21-7-5-4-6-8-21/h4-10,15-17,19,22H,2,11-14,18H2,1,3H3,(H,30,33)/b26-16+. The Hall–Kier alpha value is -3.51. The average molecular weight is 442 g/mol. The van der Waals surface area contributed by atoms with Gasteiger partial charge in [0.1, 0.15) is 5.82 Å². The van der Waals surface area contributed by atoms with Gasteiger partial charge in [0.2, 0.25) is 5.91 Å². The molecule has 4 rings (SSSR count). The summed E-state index contributed by atoms with van der Waals surface area (Å²) in [6.07, 6.45) is 7.41. The molecule has 33 heavy (non-hydrogen) atoms. The van der Waals surface area contributed by atoms with E-state index in [1.165, 1.54) is 5.56 Å². The van der Waals surface area contributed by atoms with E-state index in [9.17, 15) is 4.79 Å². The SMILES string of the molecule is C=N/C(=C\c1cc(-c2cnn(C)c2)ccc1C)NC(=O)C1CCN(Cc2ccccc2)CC1. The molecule has 1 N–H and O–H groups in total. The third kappa shape index (κ3) is 5.84. The lowest BCUT2D eigenvalue weighted by Gasteiger charge is -2.31. The molecule has 6 nitrogen and oxygen atoms in total. The van der Waals surface area contributed by atoms with E-state index in [0.29, 0.717) is 5.82 Å². The summed E-state index contributed by atoms with van der Waals surface area (Å²) in [7, 11) is 1.90. The molecule has 0 saturated carbocycles. The van der Waals surface area contributed by atoms with E-state index in [-0.39, 0.29) is 11.8 Å². The number of benzene rings is 2. The zero-order valence-electron chi connectivity index (χ0n) is 19.4. The molecule has 1 aliphatic rings. The molecule has 1 fully saturated rings. The van der Waals surface area contributed by atoms with E-state index >= 15 is 0 Å². The molecule has 0 bridgehead atoms. The molecule has 0 aliphatic carbocycles. The van der Waals surface area contributed by atoms with Crippen molar-refractivity contribution in [3.8, 4) is 11.1 Å². The summed E-state index contributed by atoms with van der Waals surface area (Å²) < 4.78 is 1.78. The number of rotatable bonds is 7. The lowest BCUT2D eigenvalue weighted by Crippen LogP contribution is -2.39. The fraction of sp³-hybridized carbons (Fsp3) is 0.296. The van der Waals surface area contributed by atoms with Gasteiger partial charge in [0.15, 0.2) is 0 Å². The van der Waals surface area contributed by atoms with Crippen LogP contribution in [0.2, 0.25) is 0 Å². The molecule has 1 aliphatic heterocycles. The van der Waals surface area contributed by atoms with E-state index in [2.05, 4.69) is 69.5 Å². The summed E-state index contributed by atoms with van der Waals surface area (Å²) in [4.78, 5) is 19.4. The first kappa shape index (κ1) is 22.7. The summed E-state index contributed by atoms with van der Waals surface area (Å²) in [5, 5.41) is 7.25. The Morgan fingerprint density at radius 2 is 1.94 bits per heavy atom. The number of hydrogen-bond acceptors (Lipinski definition) is 4. The molecule has 1 aromatic heterocycles. The van der Waals surface area contributed by atoms with Gasteiger partial charge in [-0.1, -0.05) is 42.5 Å². The maximum Gasteiger partial charge on any atom is 0.228 e. The first-order valence-corrected chi connectivity index (χ1v) is 11.4. The van der Waals surface area contributed by atoms with E-state index in [1.807, 2.05) is 38.5 Å². The molecular weight excluding hydrogens is 410 g/mol. The largest absolute Gasteiger partial charge is 0.310 e. The number of amides is 1. The van der Waals surface area contributed by atoms with Gasteiger partial charge in [0.25, 0.3) is 0 Å². The predicted octanol–water partition coefficient (Wildman–Crippen LogP) is 4.42. The Balaban J connectivity index is 1.39. The van der Waals surface area contributed by atoms with Gasteiger partial charge in [-0.3, -0.25) is 14.4 Å². The van der Waals surface area contributed by atoms with Crippen LogP contribution in [0, 0.1) is 12.8 Å². The Labute approximate surface area is 195 Å². The normalized spacial score (nSPS) is 15.4. The van der Waals surface area contributed by atoms with Crippen LogP contribution in [-0.4, -0.2) is 40.4 Å². The van der Waals surface area contributed by atoms with Crippen LogP contribution in [0.4, 0.5) is 0 Å². The quantitative estimate of drug-likeness (QED) is 0.552. The summed E-state index contributed by atoms with van der Waals surface area (Å²) in [6.45, 7) is 8.48. The fourth-order valence-corrected chi connectivity index (χ4v) is 4.24. The third-order valence-electron chi connectivity index (χ3n) is 6.24. The maximum absolute atomic E-state index is 12.9. The number of carbonyl (C=O) groups is 1.